The summed E-state index contributed by atoms with van der Waals surface area (Å²) in [6, 6.07) is 5.04. The Morgan fingerprint density at radius 3 is 2.67 bits per heavy atom. The summed E-state index contributed by atoms with van der Waals surface area (Å²) in [6.07, 6.45) is 0. The van der Waals surface area contributed by atoms with Crippen LogP contribution in [0.3, 0.4) is 0 Å². The van der Waals surface area contributed by atoms with Crippen molar-refractivity contribution in [2.45, 2.75) is 19.9 Å². The van der Waals surface area contributed by atoms with Crippen molar-refractivity contribution in [3.8, 4) is 0 Å². The number of halogens is 1. The SMILES string of the molecule is CC(C)NC(=O)CNC(=O)c1cc(Br)ccc1N. The molecule has 0 spiro atoms. The van der Waals surface area contributed by atoms with Gasteiger partial charge in [0.05, 0.1) is 12.1 Å². The summed E-state index contributed by atoms with van der Waals surface area (Å²) in [5, 5.41) is 5.20. The van der Waals surface area contributed by atoms with E-state index in [0.29, 0.717) is 11.3 Å². The van der Waals surface area contributed by atoms with Gasteiger partial charge in [-0.2, -0.15) is 0 Å². The first kappa shape index (κ1) is 14.5. The minimum absolute atomic E-state index is 0.0466. The van der Waals surface area contributed by atoms with Crippen molar-refractivity contribution in [2.75, 3.05) is 12.3 Å². The third-order valence-corrected chi connectivity index (χ3v) is 2.61. The number of amides is 2. The molecule has 0 fully saturated rings. The first-order valence-corrected chi connectivity index (χ1v) is 6.32. The summed E-state index contributed by atoms with van der Waals surface area (Å²) >= 11 is 3.26. The second-order valence-electron chi connectivity index (χ2n) is 4.14. The maximum atomic E-state index is 11.8. The zero-order chi connectivity index (χ0) is 13.7. The lowest BCUT2D eigenvalue weighted by Gasteiger charge is -2.10. The van der Waals surface area contributed by atoms with Gasteiger partial charge in [-0.3, -0.25) is 9.59 Å². The van der Waals surface area contributed by atoms with E-state index in [2.05, 4.69) is 26.6 Å². The Kier molecular flexibility index (Phi) is 5.15. The van der Waals surface area contributed by atoms with Crippen LogP contribution < -0.4 is 16.4 Å². The van der Waals surface area contributed by atoms with E-state index >= 15 is 0 Å². The summed E-state index contributed by atoms with van der Waals surface area (Å²) < 4.78 is 0.758. The highest BCUT2D eigenvalue weighted by molar-refractivity contribution is 9.10. The van der Waals surface area contributed by atoms with E-state index in [1.54, 1.807) is 18.2 Å². The monoisotopic (exact) mass is 313 g/mol. The van der Waals surface area contributed by atoms with Crippen molar-refractivity contribution >= 4 is 33.4 Å². The van der Waals surface area contributed by atoms with Crippen molar-refractivity contribution < 1.29 is 9.59 Å². The fourth-order valence-electron chi connectivity index (χ4n) is 1.35. The minimum Gasteiger partial charge on any atom is -0.398 e. The zero-order valence-electron chi connectivity index (χ0n) is 10.3. The summed E-state index contributed by atoms with van der Waals surface area (Å²) in [7, 11) is 0. The van der Waals surface area contributed by atoms with Gasteiger partial charge in [-0.05, 0) is 32.0 Å². The molecule has 1 rings (SSSR count). The van der Waals surface area contributed by atoms with Crippen LogP contribution in [-0.4, -0.2) is 24.4 Å². The van der Waals surface area contributed by atoms with E-state index in [0.717, 1.165) is 4.47 Å². The smallest absolute Gasteiger partial charge is 0.253 e. The summed E-state index contributed by atoms with van der Waals surface area (Å²) in [6.45, 7) is 3.64. The molecule has 0 saturated heterocycles. The van der Waals surface area contributed by atoms with E-state index in [9.17, 15) is 9.59 Å². The van der Waals surface area contributed by atoms with Crippen LogP contribution in [-0.2, 0) is 4.79 Å². The molecule has 1 aromatic carbocycles. The predicted molar refractivity (Wildman–Crippen MR) is 74.2 cm³/mol. The molecule has 0 radical (unpaired) electrons. The molecule has 98 valence electrons. The van der Waals surface area contributed by atoms with Crippen LogP contribution in [0.15, 0.2) is 22.7 Å². The quantitative estimate of drug-likeness (QED) is 0.732. The van der Waals surface area contributed by atoms with Crippen molar-refractivity contribution in [1.29, 1.82) is 0 Å². The number of nitrogens with one attached hydrogen (secondary N) is 2. The van der Waals surface area contributed by atoms with Crippen LogP contribution >= 0.6 is 15.9 Å². The molecular weight excluding hydrogens is 298 g/mol. The molecule has 1 aromatic rings. The van der Waals surface area contributed by atoms with Gasteiger partial charge in [0, 0.05) is 16.2 Å². The maximum Gasteiger partial charge on any atom is 0.253 e. The molecule has 0 atom stereocenters. The molecule has 0 aliphatic rings. The van der Waals surface area contributed by atoms with Crippen molar-refractivity contribution in [1.82, 2.24) is 10.6 Å². The highest BCUT2D eigenvalue weighted by atomic mass is 79.9. The molecule has 0 heterocycles. The molecule has 2 amide bonds. The minimum atomic E-state index is -0.368. The van der Waals surface area contributed by atoms with E-state index in [-0.39, 0.29) is 24.4 Å². The first-order chi connectivity index (χ1) is 8.40. The number of nitrogens with two attached hydrogens (primary N) is 1. The van der Waals surface area contributed by atoms with Crippen LogP contribution in [0.5, 0.6) is 0 Å². The molecule has 0 saturated carbocycles. The van der Waals surface area contributed by atoms with Crippen molar-refractivity contribution in [2.24, 2.45) is 0 Å². The van der Waals surface area contributed by atoms with Crippen LogP contribution in [0, 0.1) is 0 Å². The third-order valence-electron chi connectivity index (χ3n) is 2.12. The number of carbonyl (C=O) groups is 2. The lowest BCUT2D eigenvalue weighted by molar-refractivity contribution is -0.120. The largest absolute Gasteiger partial charge is 0.398 e. The molecule has 0 aromatic heterocycles. The molecule has 5 nitrogen and oxygen atoms in total. The summed E-state index contributed by atoms with van der Waals surface area (Å²) in [5.74, 6) is -0.598. The Labute approximate surface area is 114 Å². The van der Waals surface area contributed by atoms with Gasteiger partial charge in [0.2, 0.25) is 5.91 Å². The number of rotatable bonds is 4. The number of hydrogen-bond acceptors (Lipinski definition) is 3. The van der Waals surface area contributed by atoms with Gasteiger partial charge in [-0.1, -0.05) is 15.9 Å². The van der Waals surface area contributed by atoms with E-state index < -0.39 is 0 Å². The van der Waals surface area contributed by atoms with Gasteiger partial charge in [0.1, 0.15) is 0 Å². The van der Waals surface area contributed by atoms with Gasteiger partial charge < -0.3 is 16.4 Å². The molecular formula is C12H16BrN3O2. The van der Waals surface area contributed by atoms with Crippen LogP contribution in [0.4, 0.5) is 5.69 Å². The Morgan fingerprint density at radius 2 is 2.06 bits per heavy atom. The highest BCUT2D eigenvalue weighted by Crippen LogP contribution is 2.18. The Hall–Kier alpha value is -1.56. The molecule has 4 N–H and O–H groups in total. The Morgan fingerprint density at radius 1 is 1.39 bits per heavy atom. The molecule has 0 aliphatic carbocycles. The summed E-state index contributed by atoms with van der Waals surface area (Å²) in [4.78, 5) is 23.2. The van der Waals surface area contributed by atoms with E-state index in [4.69, 9.17) is 5.73 Å². The molecule has 6 heteroatoms. The predicted octanol–water partition coefficient (Wildman–Crippen LogP) is 1.29. The molecule has 0 aliphatic heterocycles. The number of anilines is 1. The average molecular weight is 314 g/mol. The lowest BCUT2D eigenvalue weighted by atomic mass is 10.1. The molecule has 0 unspecified atom stereocenters. The van der Waals surface area contributed by atoms with E-state index in [1.807, 2.05) is 13.8 Å². The second kappa shape index (κ2) is 6.39. The van der Waals surface area contributed by atoms with Crippen LogP contribution in [0.1, 0.15) is 24.2 Å². The van der Waals surface area contributed by atoms with Crippen molar-refractivity contribution in [3.63, 3.8) is 0 Å². The van der Waals surface area contributed by atoms with Crippen LogP contribution in [0.25, 0.3) is 0 Å². The van der Waals surface area contributed by atoms with Crippen LogP contribution in [0.2, 0.25) is 0 Å². The average Bonchev–Trinajstić information content (AvgIpc) is 2.28. The van der Waals surface area contributed by atoms with Crippen molar-refractivity contribution in [3.05, 3.63) is 28.2 Å². The van der Waals surface area contributed by atoms with E-state index in [1.165, 1.54) is 0 Å². The maximum absolute atomic E-state index is 11.8. The fraction of sp³-hybridized carbons (Fsp3) is 0.333. The van der Waals surface area contributed by atoms with Gasteiger partial charge in [0.15, 0.2) is 0 Å². The number of benzene rings is 1. The second-order valence-corrected chi connectivity index (χ2v) is 5.05. The standard InChI is InChI=1S/C12H16BrN3O2/c1-7(2)16-11(17)6-15-12(18)9-5-8(13)3-4-10(9)14/h3-5,7H,6,14H2,1-2H3,(H,15,18)(H,16,17). The Balaban J connectivity index is 2.60. The normalized spacial score (nSPS) is 10.2. The number of nitrogen functional groups attached to an aromatic ring is 1. The first-order valence-electron chi connectivity index (χ1n) is 5.52. The van der Waals surface area contributed by atoms with Gasteiger partial charge in [-0.25, -0.2) is 0 Å². The van der Waals surface area contributed by atoms with Gasteiger partial charge >= 0.3 is 0 Å². The number of carbonyl (C=O) groups excluding carboxylic acids is 2. The Bertz CT molecular complexity index is 461. The molecule has 0 bridgehead atoms. The topological polar surface area (TPSA) is 84.2 Å². The molecule has 18 heavy (non-hydrogen) atoms. The fourth-order valence-corrected chi connectivity index (χ4v) is 1.72. The summed E-state index contributed by atoms with van der Waals surface area (Å²) in [5.41, 5.74) is 6.42. The highest BCUT2D eigenvalue weighted by Gasteiger charge is 2.11. The van der Waals surface area contributed by atoms with Gasteiger partial charge in [0.25, 0.3) is 5.91 Å². The number of hydrogen-bond donors (Lipinski definition) is 3. The zero-order valence-corrected chi connectivity index (χ0v) is 11.9. The lowest BCUT2D eigenvalue weighted by Crippen LogP contribution is -2.39. The van der Waals surface area contributed by atoms with Gasteiger partial charge in [-0.15, -0.1) is 0 Å². The third kappa shape index (κ3) is 4.37.